The third kappa shape index (κ3) is 4.27. The van der Waals surface area contributed by atoms with E-state index in [1.807, 2.05) is 54.6 Å². The minimum Gasteiger partial charge on any atom is -0.376 e. The van der Waals surface area contributed by atoms with Crippen LogP contribution in [0, 0.1) is 5.41 Å². The van der Waals surface area contributed by atoms with Crippen molar-refractivity contribution < 1.29 is 14.3 Å². The zero-order chi connectivity index (χ0) is 23.0. The summed E-state index contributed by atoms with van der Waals surface area (Å²) in [5, 5.41) is 6.63. The first-order chi connectivity index (χ1) is 15.9. The molecule has 0 bridgehead atoms. The monoisotopic (exact) mass is 445 g/mol. The Bertz CT molecular complexity index is 1090. The van der Waals surface area contributed by atoms with Gasteiger partial charge in [-0.3, -0.25) is 9.69 Å². The van der Waals surface area contributed by atoms with Gasteiger partial charge in [-0.1, -0.05) is 56.3 Å². The van der Waals surface area contributed by atoms with E-state index in [-0.39, 0.29) is 23.3 Å². The summed E-state index contributed by atoms with van der Waals surface area (Å²) in [6, 6.07) is 16.9. The smallest absolute Gasteiger partial charge is 0.322 e. The van der Waals surface area contributed by atoms with Crippen molar-refractivity contribution in [3.8, 4) is 0 Å². The van der Waals surface area contributed by atoms with Crippen molar-refractivity contribution in [3.05, 3.63) is 71.4 Å². The molecule has 1 saturated heterocycles. The number of benzene rings is 2. The molecule has 1 fully saturated rings. The number of nitrogens with one attached hydrogen (secondary N) is 2. The van der Waals surface area contributed by atoms with E-state index in [1.165, 1.54) is 0 Å². The van der Waals surface area contributed by atoms with Gasteiger partial charge in [-0.2, -0.15) is 0 Å². The van der Waals surface area contributed by atoms with E-state index in [9.17, 15) is 9.59 Å². The Morgan fingerprint density at radius 2 is 1.88 bits per heavy atom. The number of hydrogen-bond donors (Lipinski definition) is 2. The Balaban J connectivity index is 1.63. The van der Waals surface area contributed by atoms with Gasteiger partial charge in [-0.25, -0.2) is 4.79 Å². The molecule has 2 amide bonds. The Hall–Kier alpha value is -3.12. The number of para-hydroxylation sites is 2. The molecular formula is C27H31N3O3. The fourth-order valence-electron chi connectivity index (χ4n) is 5.25. The lowest BCUT2D eigenvalue weighted by atomic mass is 9.73. The summed E-state index contributed by atoms with van der Waals surface area (Å²) in [4.78, 5) is 29.1. The molecule has 2 aromatic rings. The van der Waals surface area contributed by atoms with Crippen molar-refractivity contribution in [2.24, 2.45) is 5.41 Å². The highest BCUT2D eigenvalue weighted by Crippen LogP contribution is 2.48. The number of allylic oxidation sites excluding steroid dienone is 1. The average molecular weight is 446 g/mol. The zero-order valence-corrected chi connectivity index (χ0v) is 19.3. The first kappa shape index (κ1) is 21.7. The molecule has 0 radical (unpaired) electrons. The Morgan fingerprint density at radius 3 is 2.64 bits per heavy atom. The minimum absolute atomic E-state index is 0.0383. The number of anilines is 2. The van der Waals surface area contributed by atoms with Crippen molar-refractivity contribution in [1.29, 1.82) is 0 Å². The maximum atomic E-state index is 13.8. The highest BCUT2D eigenvalue weighted by Gasteiger charge is 2.43. The fourth-order valence-corrected chi connectivity index (χ4v) is 5.25. The SMILES string of the molecule is CC1(C)CC(=O)C2=C(C1)Nc1ccccc1N(C(=O)NC[C@H]1CCCO1)[C@H]2c1ccccc1. The van der Waals surface area contributed by atoms with Crippen LogP contribution in [0.4, 0.5) is 16.2 Å². The predicted molar refractivity (Wildman–Crippen MR) is 129 cm³/mol. The van der Waals surface area contributed by atoms with Crippen molar-refractivity contribution >= 4 is 23.2 Å². The number of amides is 2. The first-order valence-corrected chi connectivity index (χ1v) is 11.8. The quantitative estimate of drug-likeness (QED) is 0.682. The summed E-state index contributed by atoms with van der Waals surface area (Å²) in [5.74, 6) is 0.0901. The van der Waals surface area contributed by atoms with Gasteiger partial charge >= 0.3 is 6.03 Å². The van der Waals surface area contributed by atoms with Crippen LogP contribution in [-0.4, -0.2) is 31.1 Å². The Kier molecular flexibility index (Phi) is 5.71. The fraction of sp³-hybridized carbons (Fsp3) is 0.407. The second kappa shape index (κ2) is 8.67. The lowest BCUT2D eigenvalue weighted by Gasteiger charge is -2.37. The normalized spacial score (nSPS) is 23.9. The number of hydrogen-bond acceptors (Lipinski definition) is 4. The second-order valence-corrected chi connectivity index (χ2v) is 9.98. The predicted octanol–water partition coefficient (Wildman–Crippen LogP) is 5.19. The van der Waals surface area contributed by atoms with Crippen LogP contribution in [0.1, 0.15) is 51.1 Å². The van der Waals surface area contributed by atoms with Crippen molar-refractivity contribution in [1.82, 2.24) is 5.32 Å². The van der Waals surface area contributed by atoms with Crippen LogP contribution in [0.15, 0.2) is 65.9 Å². The molecule has 0 saturated carbocycles. The van der Waals surface area contributed by atoms with Crippen LogP contribution < -0.4 is 15.5 Å². The molecule has 172 valence electrons. The number of carbonyl (C=O) groups excluding carboxylic acids is 2. The molecule has 33 heavy (non-hydrogen) atoms. The van der Waals surface area contributed by atoms with E-state index in [4.69, 9.17) is 4.74 Å². The number of urea groups is 1. The number of ketones is 1. The number of nitrogens with zero attached hydrogens (tertiary/aromatic N) is 1. The molecule has 2 aromatic carbocycles. The summed E-state index contributed by atoms with van der Waals surface area (Å²) in [5.41, 5.74) is 3.97. The molecule has 2 aliphatic heterocycles. The Morgan fingerprint density at radius 1 is 1.12 bits per heavy atom. The summed E-state index contributed by atoms with van der Waals surface area (Å²) in [7, 11) is 0. The lowest BCUT2D eigenvalue weighted by molar-refractivity contribution is -0.118. The van der Waals surface area contributed by atoms with Crippen molar-refractivity contribution in [3.63, 3.8) is 0 Å². The summed E-state index contributed by atoms with van der Waals surface area (Å²) >= 11 is 0. The molecule has 3 aliphatic rings. The van der Waals surface area contributed by atoms with Crippen molar-refractivity contribution in [2.75, 3.05) is 23.4 Å². The van der Waals surface area contributed by atoms with E-state index < -0.39 is 6.04 Å². The zero-order valence-electron chi connectivity index (χ0n) is 19.3. The average Bonchev–Trinajstić information content (AvgIpc) is 3.26. The number of ether oxygens (including phenoxy) is 1. The van der Waals surface area contributed by atoms with E-state index in [0.717, 1.165) is 48.5 Å². The van der Waals surface area contributed by atoms with Gasteiger partial charge in [0.25, 0.3) is 0 Å². The summed E-state index contributed by atoms with van der Waals surface area (Å²) in [6.07, 6.45) is 3.21. The van der Waals surface area contributed by atoms with E-state index in [2.05, 4.69) is 24.5 Å². The maximum Gasteiger partial charge on any atom is 0.322 e. The van der Waals surface area contributed by atoms with E-state index in [1.54, 1.807) is 4.90 Å². The summed E-state index contributed by atoms with van der Waals surface area (Å²) in [6.45, 7) is 5.44. The second-order valence-electron chi connectivity index (χ2n) is 9.98. The Labute approximate surface area is 195 Å². The maximum absolute atomic E-state index is 13.8. The van der Waals surface area contributed by atoms with Gasteiger partial charge in [0.05, 0.1) is 23.5 Å². The molecule has 0 unspecified atom stereocenters. The standard InChI is InChI=1S/C27H31N3O3/c1-27(2)15-21-24(23(31)16-27)25(18-9-4-3-5-10-18)30(22-13-7-6-12-20(22)29-21)26(32)28-17-19-11-8-14-33-19/h3-7,9-10,12-13,19,25,29H,8,11,14-17H2,1-2H3,(H,28,32)/t19-,25+/m1/s1. The highest BCUT2D eigenvalue weighted by atomic mass is 16.5. The topological polar surface area (TPSA) is 70.7 Å². The number of Topliss-reactive ketones (excluding diaryl/α,β-unsaturated/α-hetero) is 1. The van der Waals surface area contributed by atoms with Gasteiger partial charge in [-0.15, -0.1) is 0 Å². The van der Waals surface area contributed by atoms with E-state index in [0.29, 0.717) is 18.5 Å². The third-order valence-corrected chi connectivity index (χ3v) is 6.74. The molecular weight excluding hydrogens is 414 g/mol. The van der Waals surface area contributed by atoms with Gasteiger partial charge < -0.3 is 15.4 Å². The molecule has 1 aliphatic carbocycles. The number of rotatable bonds is 3. The molecule has 0 spiro atoms. The molecule has 2 atom stereocenters. The van der Waals surface area contributed by atoms with Gasteiger partial charge in [-0.05, 0) is 42.4 Å². The molecule has 0 aromatic heterocycles. The van der Waals surface area contributed by atoms with Crippen LogP contribution >= 0.6 is 0 Å². The third-order valence-electron chi connectivity index (χ3n) is 6.74. The van der Waals surface area contributed by atoms with Crippen LogP contribution in [0.25, 0.3) is 0 Å². The van der Waals surface area contributed by atoms with Crippen LogP contribution in [0.5, 0.6) is 0 Å². The van der Waals surface area contributed by atoms with Crippen LogP contribution in [0.3, 0.4) is 0 Å². The minimum atomic E-state index is -0.509. The molecule has 2 N–H and O–H groups in total. The first-order valence-electron chi connectivity index (χ1n) is 11.8. The van der Waals surface area contributed by atoms with Crippen molar-refractivity contribution in [2.45, 2.75) is 51.7 Å². The molecule has 6 nitrogen and oxygen atoms in total. The highest BCUT2D eigenvalue weighted by molar-refractivity contribution is 6.06. The van der Waals surface area contributed by atoms with Gasteiger partial charge in [0, 0.05) is 30.8 Å². The van der Waals surface area contributed by atoms with E-state index >= 15 is 0 Å². The van der Waals surface area contributed by atoms with Gasteiger partial charge in [0.2, 0.25) is 0 Å². The lowest BCUT2D eigenvalue weighted by Crippen LogP contribution is -2.46. The van der Waals surface area contributed by atoms with Crippen LogP contribution in [-0.2, 0) is 9.53 Å². The molecule has 5 rings (SSSR count). The van der Waals surface area contributed by atoms with Gasteiger partial charge in [0.1, 0.15) is 0 Å². The molecule has 2 heterocycles. The summed E-state index contributed by atoms with van der Waals surface area (Å²) < 4.78 is 5.71. The van der Waals surface area contributed by atoms with Crippen LogP contribution in [0.2, 0.25) is 0 Å². The largest absolute Gasteiger partial charge is 0.376 e. The number of carbonyl (C=O) groups is 2. The number of fused-ring (bicyclic) bond motifs is 1. The molecule has 6 heteroatoms. The van der Waals surface area contributed by atoms with Gasteiger partial charge in [0.15, 0.2) is 5.78 Å².